The number of carbonyl (C=O) groups is 1. The molecular weight excluding hydrogens is 248 g/mol. The Bertz CT molecular complexity index is 416. The molecule has 0 aliphatic heterocycles. The second-order valence-corrected chi connectivity index (χ2v) is 5.80. The first kappa shape index (κ1) is 14.9. The number of benzene rings is 1. The average molecular weight is 268 g/mol. The molecule has 4 nitrogen and oxygen atoms in total. The minimum atomic E-state index is -0.942. The van der Waals surface area contributed by atoms with Gasteiger partial charge in [-0.05, 0) is 31.5 Å². The van der Waals surface area contributed by atoms with Crippen LogP contribution in [0.5, 0.6) is 0 Å². The quantitative estimate of drug-likeness (QED) is 0.810. The van der Waals surface area contributed by atoms with Gasteiger partial charge in [0, 0.05) is 34.5 Å². The molecule has 0 bridgehead atoms. The lowest BCUT2D eigenvalue weighted by Gasteiger charge is -2.09. The van der Waals surface area contributed by atoms with Gasteiger partial charge < -0.3 is 10.6 Å². The van der Waals surface area contributed by atoms with Crippen LogP contribution in [0.2, 0.25) is 0 Å². The maximum absolute atomic E-state index is 11.4. The van der Waals surface area contributed by atoms with E-state index in [0.717, 1.165) is 10.5 Å². The molecule has 0 heterocycles. The Morgan fingerprint density at radius 2 is 1.89 bits per heavy atom. The molecule has 2 N–H and O–H groups in total. The van der Waals surface area contributed by atoms with E-state index in [0.29, 0.717) is 13.1 Å². The lowest BCUT2D eigenvalue weighted by molar-refractivity contribution is -0.120. The van der Waals surface area contributed by atoms with Crippen molar-refractivity contribution in [3.05, 3.63) is 29.8 Å². The summed E-state index contributed by atoms with van der Waals surface area (Å²) in [6.07, 6.45) is 1.66. The Morgan fingerprint density at radius 3 is 2.39 bits per heavy atom. The third kappa shape index (κ3) is 5.42. The van der Waals surface area contributed by atoms with E-state index in [9.17, 15) is 9.00 Å². The lowest BCUT2D eigenvalue weighted by Crippen LogP contribution is -2.37. The SMILES string of the molecule is CC(C)NC(=O)CNCc1ccc([S@](C)=O)cc1. The minimum absolute atomic E-state index is 0.00344. The number of rotatable bonds is 6. The summed E-state index contributed by atoms with van der Waals surface area (Å²) in [5.74, 6) is -0.00344. The Morgan fingerprint density at radius 1 is 1.28 bits per heavy atom. The number of amides is 1. The Hall–Kier alpha value is -1.20. The van der Waals surface area contributed by atoms with Gasteiger partial charge >= 0.3 is 0 Å². The van der Waals surface area contributed by atoms with Gasteiger partial charge in [0.1, 0.15) is 0 Å². The number of hydrogen-bond acceptors (Lipinski definition) is 3. The van der Waals surface area contributed by atoms with Gasteiger partial charge in [-0.1, -0.05) is 12.1 Å². The molecule has 0 saturated heterocycles. The van der Waals surface area contributed by atoms with Gasteiger partial charge in [0.25, 0.3) is 0 Å². The minimum Gasteiger partial charge on any atom is -0.353 e. The van der Waals surface area contributed by atoms with E-state index in [4.69, 9.17) is 0 Å². The highest BCUT2D eigenvalue weighted by molar-refractivity contribution is 7.84. The molecule has 0 unspecified atom stereocenters. The molecule has 5 heteroatoms. The molecule has 1 aromatic carbocycles. The van der Waals surface area contributed by atoms with E-state index in [1.54, 1.807) is 6.26 Å². The molecule has 0 aliphatic carbocycles. The smallest absolute Gasteiger partial charge is 0.234 e. The topological polar surface area (TPSA) is 58.2 Å². The fourth-order valence-electron chi connectivity index (χ4n) is 1.49. The summed E-state index contributed by atoms with van der Waals surface area (Å²) in [6, 6.07) is 7.70. The monoisotopic (exact) mass is 268 g/mol. The van der Waals surface area contributed by atoms with E-state index in [1.807, 2.05) is 38.1 Å². The Labute approximate surface area is 111 Å². The van der Waals surface area contributed by atoms with Gasteiger partial charge in [0.15, 0.2) is 0 Å². The highest BCUT2D eigenvalue weighted by Crippen LogP contribution is 2.07. The third-order valence-corrected chi connectivity index (χ3v) is 3.26. The van der Waals surface area contributed by atoms with Crippen molar-refractivity contribution in [1.82, 2.24) is 10.6 Å². The van der Waals surface area contributed by atoms with Crippen molar-refractivity contribution in [3.63, 3.8) is 0 Å². The molecule has 0 radical (unpaired) electrons. The van der Waals surface area contributed by atoms with Crippen LogP contribution in [-0.4, -0.2) is 29.0 Å². The fraction of sp³-hybridized carbons (Fsp3) is 0.462. The van der Waals surface area contributed by atoms with Gasteiger partial charge in [-0.15, -0.1) is 0 Å². The normalized spacial score (nSPS) is 12.4. The van der Waals surface area contributed by atoms with Gasteiger partial charge in [0.05, 0.1) is 6.54 Å². The molecule has 1 amide bonds. The predicted octanol–water partition coefficient (Wildman–Crippen LogP) is 1.04. The molecule has 18 heavy (non-hydrogen) atoms. The van der Waals surface area contributed by atoms with Crippen LogP contribution in [0.25, 0.3) is 0 Å². The Kier molecular flexibility index (Phi) is 6.01. The van der Waals surface area contributed by atoms with Gasteiger partial charge in [-0.2, -0.15) is 0 Å². The highest BCUT2D eigenvalue weighted by Gasteiger charge is 2.02. The molecule has 0 aromatic heterocycles. The van der Waals surface area contributed by atoms with E-state index in [-0.39, 0.29) is 11.9 Å². The first-order chi connectivity index (χ1) is 8.49. The van der Waals surface area contributed by atoms with Gasteiger partial charge in [-0.3, -0.25) is 9.00 Å². The van der Waals surface area contributed by atoms with Gasteiger partial charge in [-0.25, -0.2) is 0 Å². The predicted molar refractivity (Wildman–Crippen MR) is 73.8 cm³/mol. The summed E-state index contributed by atoms with van der Waals surface area (Å²) in [4.78, 5) is 12.2. The highest BCUT2D eigenvalue weighted by atomic mass is 32.2. The summed E-state index contributed by atoms with van der Waals surface area (Å²) in [5.41, 5.74) is 1.07. The van der Waals surface area contributed by atoms with Crippen LogP contribution in [-0.2, 0) is 22.1 Å². The second kappa shape index (κ2) is 7.28. The molecule has 1 rings (SSSR count). The molecule has 0 saturated carbocycles. The van der Waals surface area contributed by atoms with Gasteiger partial charge in [0.2, 0.25) is 5.91 Å². The zero-order valence-electron chi connectivity index (χ0n) is 11.0. The van der Waals surface area contributed by atoms with Crippen LogP contribution in [0.3, 0.4) is 0 Å². The molecule has 0 aliphatic rings. The van der Waals surface area contributed by atoms with Crippen LogP contribution in [0, 0.1) is 0 Å². The fourth-order valence-corrected chi connectivity index (χ4v) is 2.01. The average Bonchev–Trinajstić information content (AvgIpc) is 2.28. The maximum atomic E-state index is 11.4. The van der Waals surface area contributed by atoms with Crippen molar-refractivity contribution in [2.45, 2.75) is 31.3 Å². The van der Waals surface area contributed by atoms with Crippen molar-refractivity contribution in [2.24, 2.45) is 0 Å². The summed E-state index contributed by atoms with van der Waals surface area (Å²) in [7, 11) is -0.942. The Balaban J connectivity index is 2.35. The third-order valence-electron chi connectivity index (χ3n) is 2.32. The molecule has 100 valence electrons. The van der Waals surface area contributed by atoms with E-state index >= 15 is 0 Å². The maximum Gasteiger partial charge on any atom is 0.234 e. The zero-order chi connectivity index (χ0) is 13.5. The summed E-state index contributed by atoms with van der Waals surface area (Å²) in [6.45, 7) is 4.80. The first-order valence-corrected chi connectivity index (χ1v) is 7.47. The lowest BCUT2D eigenvalue weighted by atomic mass is 10.2. The van der Waals surface area contributed by atoms with Crippen LogP contribution in [0.4, 0.5) is 0 Å². The summed E-state index contributed by atoms with van der Waals surface area (Å²) < 4.78 is 11.2. The number of hydrogen-bond donors (Lipinski definition) is 2. The molecular formula is C13H20N2O2S. The first-order valence-electron chi connectivity index (χ1n) is 5.91. The van der Waals surface area contributed by atoms with Crippen LogP contribution < -0.4 is 10.6 Å². The number of carbonyl (C=O) groups excluding carboxylic acids is 1. The zero-order valence-corrected chi connectivity index (χ0v) is 11.8. The summed E-state index contributed by atoms with van der Waals surface area (Å²) in [5, 5.41) is 5.88. The largest absolute Gasteiger partial charge is 0.353 e. The van der Waals surface area contributed by atoms with E-state index in [1.165, 1.54) is 0 Å². The van der Waals surface area contributed by atoms with Crippen molar-refractivity contribution in [3.8, 4) is 0 Å². The molecule has 1 atom stereocenters. The number of nitrogens with one attached hydrogen (secondary N) is 2. The van der Waals surface area contributed by atoms with E-state index in [2.05, 4.69) is 10.6 Å². The van der Waals surface area contributed by atoms with Crippen molar-refractivity contribution in [2.75, 3.05) is 12.8 Å². The van der Waals surface area contributed by atoms with Crippen LogP contribution in [0.15, 0.2) is 29.2 Å². The van der Waals surface area contributed by atoms with Crippen molar-refractivity contribution in [1.29, 1.82) is 0 Å². The molecule has 1 aromatic rings. The summed E-state index contributed by atoms with van der Waals surface area (Å²) >= 11 is 0. The van der Waals surface area contributed by atoms with Crippen LogP contribution >= 0.6 is 0 Å². The standard InChI is InChI=1S/C13H20N2O2S/c1-10(2)15-13(16)9-14-8-11-4-6-12(7-5-11)18(3)17/h4-7,10,14H,8-9H2,1-3H3,(H,15,16)/t18-/m0/s1. The van der Waals surface area contributed by atoms with Crippen molar-refractivity contribution >= 4 is 16.7 Å². The van der Waals surface area contributed by atoms with E-state index < -0.39 is 10.8 Å². The second-order valence-electron chi connectivity index (χ2n) is 4.42. The molecule has 0 fully saturated rings. The molecule has 0 spiro atoms. The van der Waals surface area contributed by atoms with Crippen LogP contribution in [0.1, 0.15) is 19.4 Å². The van der Waals surface area contributed by atoms with Crippen molar-refractivity contribution < 1.29 is 9.00 Å².